The number of imide groups is 2. The Labute approximate surface area is 374 Å². The van der Waals surface area contributed by atoms with E-state index in [1.165, 1.54) is 37.1 Å². The number of nitrogens with zero attached hydrogens (tertiary/aromatic N) is 6. The number of nitriles is 1. The van der Waals surface area contributed by atoms with E-state index in [1.54, 1.807) is 60.4 Å². The summed E-state index contributed by atoms with van der Waals surface area (Å²) in [5, 5.41) is 11.0. The van der Waals surface area contributed by atoms with Crippen molar-refractivity contribution in [2.24, 2.45) is 0 Å². The van der Waals surface area contributed by atoms with E-state index in [1.807, 2.05) is 0 Å². The Morgan fingerprint density at radius 2 is 1.74 bits per heavy atom. The van der Waals surface area contributed by atoms with Crippen molar-refractivity contribution in [2.45, 2.75) is 70.3 Å². The number of aromatic nitrogens is 1. The lowest BCUT2D eigenvalue weighted by Crippen LogP contribution is -2.54. The van der Waals surface area contributed by atoms with E-state index >= 15 is 4.39 Å². The lowest BCUT2D eigenvalue weighted by molar-refractivity contribution is -0.140. The topological polar surface area (TPSA) is 183 Å². The molecule has 3 aromatic carbocycles. The van der Waals surface area contributed by atoms with Crippen LogP contribution in [0.15, 0.2) is 72.9 Å². The van der Waals surface area contributed by atoms with Gasteiger partial charge in [-0.3, -0.25) is 48.9 Å². The van der Waals surface area contributed by atoms with E-state index in [0.29, 0.717) is 59.1 Å². The summed E-state index contributed by atoms with van der Waals surface area (Å²) in [7, 11) is 0. The Hall–Kier alpha value is -7.27. The van der Waals surface area contributed by atoms with Crippen molar-refractivity contribution < 1.29 is 55.8 Å². The first kappa shape index (κ1) is 45.7. The molecule has 336 valence electrons. The van der Waals surface area contributed by atoms with Gasteiger partial charge in [-0.1, -0.05) is 12.1 Å². The molecule has 3 aliphatic heterocycles. The zero-order chi connectivity index (χ0) is 47.0. The molecule has 1 atom stereocenters. The van der Waals surface area contributed by atoms with Crippen molar-refractivity contribution in [3.63, 3.8) is 0 Å². The largest absolute Gasteiger partial charge is 0.490 e. The Balaban J connectivity index is 0.939. The van der Waals surface area contributed by atoms with Crippen LogP contribution in [0, 0.1) is 24.1 Å². The van der Waals surface area contributed by atoms with Crippen LogP contribution in [0.1, 0.15) is 66.6 Å². The fraction of sp³-hybridized carbons (Fsp3) is 0.311. The van der Waals surface area contributed by atoms with Gasteiger partial charge in [-0.05, 0) is 99.6 Å². The molecule has 0 saturated carbocycles. The number of piperidine rings is 2. The summed E-state index contributed by atoms with van der Waals surface area (Å²) in [5.74, 6) is -4.33. The fourth-order valence-corrected chi connectivity index (χ4v) is 8.48. The van der Waals surface area contributed by atoms with Crippen molar-refractivity contribution in [2.75, 3.05) is 29.5 Å². The first-order valence-electron chi connectivity index (χ1n) is 20.2. The van der Waals surface area contributed by atoms with Crippen LogP contribution >= 0.6 is 12.2 Å². The minimum Gasteiger partial charge on any atom is -0.490 e. The Morgan fingerprint density at radius 1 is 1.03 bits per heavy atom. The van der Waals surface area contributed by atoms with Gasteiger partial charge in [0.05, 0.1) is 40.5 Å². The zero-order valence-electron chi connectivity index (χ0n) is 35.0. The number of ether oxygens (including phenoxy) is 2. The quantitative estimate of drug-likeness (QED) is 0.0821. The number of alkyl halides is 3. The number of thiocarbonyl (C=S) groups is 1. The van der Waals surface area contributed by atoms with E-state index in [0.717, 1.165) is 17.0 Å². The first-order chi connectivity index (χ1) is 30.8. The number of pyridine rings is 1. The molecule has 0 aliphatic carbocycles. The molecule has 1 unspecified atom stereocenters. The molecule has 20 heteroatoms. The van der Waals surface area contributed by atoms with E-state index in [4.69, 9.17) is 21.7 Å². The van der Waals surface area contributed by atoms with E-state index < -0.39 is 70.6 Å². The van der Waals surface area contributed by atoms with Crippen LogP contribution in [0.4, 0.5) is 28.9 Å². The van der Waals surface area contributed by atoms with Crippen molar-refractivity contribution in [3.8, 4) is 28.8 Å². The summed E-state index contributed by atoms with van der Waals surface area (Å²) in [6.45, 7) is 4.95. The third-order valence-electron chi connectivity index (χ3n) is 11.4. The molecule has 4 heterocycles. The summed E-state index contributed by atoms with van der Waals surface area (Å²) in [6, 6.07) is 17.0. The van der Waals surface area contributed by atoms with Gasteiger partial charge in [0.2, 0.25) is 18.2 Å². The van der Waals surface area contributed by atoms with Crippen LogP contribution < -0.4 is 24.6 Å². The van der Waals surface area contributed by atoms with Gasteiger partial charge in [0.1, 0.15) is 34.7 Å². The van der Waals surface area contributed by atoms with Crippen LogP contribution in [0.2, 0.25) is 0 Å². The number of rotatable bonds is 11. The number of amides is 6. The average molecular weight is 914 g/mol. The molecule has 3 aliphatic rings. The number of carbonyl (C=O) groups is 6. The van der Waals surface area contributed by atoms with Crippen LogP contribution in [0.3, 0.4) is 0 Å². The van der Waals surface area contributed by atoms with E-state index in [-0.39, 0.29) is 47.7 Å². The number of nitrogens with one attached hydrogen (secondary N) is 1. The van der Waals surface area contributed by atoms with Crippen LogP contribution in [-0.4, -0.2) is 93.2 Å². The number of benzene rings is 3. The highest BCUT2D eigenvalue weighted by atomic mass is 32.1. The second-order valence-electron chi connectivity index (χ2n) is 15.9. The number of halogens is 4. The molecule has 15 nitrogen and oxygen atoms in total. The van der Waals surface area contributed by atoms with Crippen LogP contribution in [0.5, 0.6) is 11.5 Å². The van der Waals surface area contributed by atoms with Crippen LogP contribution in [-0.2, 0) is 30.1 Å². The smallest absolute Gasteiger partial charge is 0.420 e. The SMILES string of the molecule is Cc1cccc(OCC(=O)N2CCC(Oc3ccc(-c4ccc(N5C(=S)N(c6ccc(C#N)c(C(F)(F)F)c6F)C(=O)C5(C)C)cn4)cc3)CC2)c1C(=O)N(C=O)C1CCC(=O)NC1=O. The molecule has 0 radical (unpaired) electrons. The van der Waals surface area contributed by atoms with Gasteiger partial charge in [0.25, 0.3) is 17.7 Å². The lowest BCUT2D eigenvalue weighted by atomic mass is 10.0. The summed E-state index contributed by atoms with van der Waals surface area (Å²) >= 11 is 5.53. The Bertz CT molecular complexity index is 2650. The van der Waals surface area contributed by atoms with Crippen molar-refractivity contribution in [1.29, 1.82) is 5.26 Å². The molecule has 6 amide bonds. The maximum atomic E-state index is 15.4. The normalized spacial score (nSPS) is 17.7. The minimum atomic E-state index is -5.21. The molecule has 1 N–H and O–H groups in total. The fourth-order valence-electron chi connectivity index (χ4n) is 7.96. The maximum absolute atomic E-state index is 15.4. The number of aryl methyl sites for hydroxylation is 1. The van der Waals surface area contributed by atoms with Crippen molar-refractivity contribution in [1.82, 2.24) is 20.1 Å². The highest BCUT2D eigenvalue weighted by Crippen LogP contribution is 2.42. The van der Waals surface area contributed by atoms with Gasteiger partial charge in [-0.2, -0.15) is 18.4 Å². The summed E-state index contributed by atoms with van der Waals surface area (Å²) < 4.78 is 68.8. The number of likely N-dealkylation sites (tertiary alicyclic amines) is 1. The second kappa shape index (κ2) is 18.1. The first-order valence-corrected chi connectivity index (χ1v) is 20.6. The Kier molecular flexibility index (Phi) is 12.7. The standard InChI is InChI=1S/C45H39F4N7O8S/c1-25-5-4-6-34(37(25)41(61)54(24-57)33-15-16-35(58)52-40(33)60)63-23-36(59)53-19-17-30(18-20-53)64-29-11-7-26(8-12-29)31-13-10-28(22-51-31)56-43(65)55(42(62)44(56,2)3)32-14-9-27(21-50)38(39(32)46)45(47,48)49/h4-14,22,24,30,33H,15-20,23H2,1-3H3,(H,52,58,60). The lowest BCUT2D eigenvalue weighted by Gasteiger charge is -2.32. The highest BCUT2D eigenvalue weighted by molar-refractivity contribution is 7.81. The molecule has 65 heavy (non-hydrogen) atoms. The number of hydrogen-bond acceptors (Lipinski definition) is 11. The summed E-state index contributed by atoms with van der Waals surface area (Å²) in [4.78, 5) is 85.3. The molecule has 1 aromatic heterocycles. The minimum absolute atomic E-state index is 0.0136. The van der Waals surface area contributed by atoms with E-state index in [2.05, 4.69) is 10.3 Å². The second-order valence-corrected chi connectivity index (χ2v) is 16.3. The number of hydrogen-bond donors (Lipinski definition) is 1. The van der Waals surface area contributed by atoms with Crippen molar-refractivity contribution in [3.05, 3.63) is 101 Å². The molecular weight excluding hydrogens is 875 g/mol. The molecule has 0 bridgehead atoms. The van der Waals surface area contributed by atoms with Gasteiger partial charge in [-0.15, -0.1) is 0 Å². The molecular formula is C45H39F4N7O8S. The third kappa shape index (κ3) is 8.96. The predicted molar refractivity (Wildman–Crippen MR) is 228 cm³/mol. The number of carbonyl (C=O) groups excluding carboxylic acids is 6. The van der Waals surface area contributed by atoms with Crippen molar-refractivity contribution >= 4 is 64.7 Å². The molecule has 3 fully saturated rings. The zero-order valence-corrected chi connectivity index (χ0v) is 35.8. The average Bonchev–Trinajstić information content (AvgIpc) is 3.45. The van der Waals surface area contributed by atoms with Gasteiger partial charge in [0.15, 0.2) is 17.5 Å². The van der Waals surface area contributed by atoms with Gasteiger partial charge in [0, 0.05) is 37.9 Å². The maximum Gasteiger partial charge on any atom is 0.420 e. The summed E-state index contributed by atoms with van der Waals surface area (Å²) in [5.41, 5.74) is -2.88. The molecule has 7 rings (SSSR count). The van der Waals surface area contributed by atoms with Gasteiger partial charge in [-0.25, -0.2) is 4.39 Å². The molecule has 0 spiro atoms. The van der Waals surface area contributed by atoms with Gasteiger partial charge < -0.3 is 19.3 Å². The van der Waals surface area contributed by atoms with Gasteiger partial charge >= 0.3 is 6.18 Å². The Morgan fingerprint density at radius 3 is 2.35 bits per heavy atom. The van der Waals surface area contributed by atoms with Crippen LogP contribution in [0.25, 0.3) is 11.3 Å². The third-order valence-corrected chi connectivity index (χ3v) is 11.7. The monoisotopic (exact) mass is 913 g/mol. The van der Waals surface area contributed by atoms with E-state index in [9.17, 15) is 47.2 Å². The summed E-state index contributed by atoms with van der Waals surface area (Å²) in [6.07, 6.45) is -2.76. The predicted octanol–water partition coefficient (Wildman–Crippen LogP) is 5.86. The highest BCUT2D eigenvalue weighted by Gasteiger charge is 2.52. The molecule has 3 saturated heterocycles. The molecule has 4 aromatic rings. The number of anilines is 2.